The van der Waals surface area contributed by atoms with Gasteiger partial charge in [0.15, 0.2) is 5.82 Å². The number of alkyl halides is 3. The van der Waals surface area contributed by atoms with Crippen molar-refractivity contribution in [3.05, 3.63) is 29.2 Å². The molecule has 34 heavy (non-hydrogen) atoms. The van der Waals surface area contributed by atoms with Crippen molar-refractivity contribution in [1.29, 1.82) is 0 Å². The largest absolute Gasteiger partial charge is 0.443 e. The second kappa shape index (κ2) is 9.28. The molecule has 3 N–H and O–H groups in total. The highest BCUT2D eigenvalue weighted by atomic mass is 19.4. The quantitative estimate of drug-likeness (QED) is 0.528. The number of nitrogens with zero attached hydrogens (tertiary/aromatic N) is 3. The molecule has 0 saturated heterocycles. The molecule has 2 heterocycles. The fourth-order valence-electron chi connectivity index (χ4n) is 4.36. The van der Waals surface area contributed by atoms with Crippen molar-refractivity contribution in [1.82, 2.24) is 25.3 Å². The van der Waals surface area contributed by atoms with Gasteiger partial charge in [0.2, 0.25) is 0 Å². The second-order valence-electron chi connectivity index (χ2n) is 8.96. The molecule has 0 aliphatic heterocycles. The molecule has 2 fully saturated rings. The number of methoxy groups -OCH3 is 1. The Hall–Kier alpha value is -3.09. The third-order valence-electron chi connectivity index (χ3n) is 6.13. The van der Waals surface area contributed by atoms with Crippen molar-refractivity contribution in [2.75, 3.05) is 12.4 Å². The number of aromatic nitrogens is 4. The Labute approximate surface area is 193 Å². The maximum atomic E-state index is 12.7. The lowest BCUT2D eigenvalue weighted by Gasteiger charge is -2.20. The Balaban J connectivity index is 1.28. The number of carbonyl (C=O) groups is 2. The maximum Gasteiger partial charge on any atom is 0.407 e. The van der Waals surface area contributed by atoms with Gasteiger partial charge in [0.05, 0.1) is 18.7 Å². The number of aryl methyl sites for hydroxylation is 1. The molecule has 0 radical (unpaired) electrons. The van der Waals surface area contributed by atoms with E-state index in [0.717, 1.165) is 12.1 Å². The number of nitrogens with one attached hydrogen (secondary N) is 3. The van der Waals surface area contributed by atoms with Crippen LogP contribution in [-0.2, 0) is 23.1 Å². The Kier molecular flexibility index (Phi) is 6.56. The zero-order valence-electron chi connectivity index (χ0n) is 18.9. The Morgan fingerprint density at radius 2 is 2.06 bits per heavy atom. The molecular weight excluding hydrogens is 457 g/mol. The Morgan fingerprint density at radius 1 is 1.29 bits per heavy atom. The zero-order chi connectivity index (χ0) is 24.5. The van der Waals surface area contributed by atoms with E-state index < -0.39 is 24.3 Å². The smallest absolute Gasteiger partial charge is 0.407 e. The first-order valence-electron chi connectivity index (χ1n) is 11.0. The van der Waals surface area contributed by atoms with Crippen molar-refractivity contribution in [2.45, 2.75) is 68.9 Å². The number of halogens is 3. The summed E-state index contributed by atoms with van der Waals surface area (Å²) in [5, 5.41) is 16.7. The molecule has 2 aliphatic rings. The monoisotopic (exact) mass is 484 g/mol. The first-order chi connectivity index (χ1) is 16.1. The number of H-pyrrole nitrogens is 1. The molecule has 0 spiro atoms. The summed E-state index contributed by atoms with van der Waals surface area (Å²) in [5.41, 5.74) is 0.384. The first-order valence-corrected chi connectivity index (χ1v) is 11.0. The number of aromatic amines is 1. The zero-order valence-corrected chi connectivity index (χ0v) is 18.9. The second-order valence-corrected chi connectivity index (χ2v) is 8.96. The molecule has 186 valence electrons. The predicted molar refractivity (Wildman–Crippen MR) is 113 cm³/mol. The molecule has 4 rings (SSSR count). The Bertz CT molecular complexity index is 1050. The van der Waals surface area contributed by atoms with E-state index in [1.54, 1.807) is 26.3 Å². The van der Waals surface area contributed by atoms with Crippen LogP contribution < -0.4 is 10.6 Å². The Morgan fingerprint density at radius 3 is 2.74 bits per heavy atom. The summed E-state index contributed by atoms with van der Waals surface area (Å²) in [6, 6.07) is 3.16. The molecule has 2 saturated carbocycles. The van der Waals surface area contributed by atoms with Crippen LogP contribution in [0.25, 0.3) is 0 Å². The fraction of sp³-hybridized carbons (Fsp3) is 0.619. The van der Waals surface area contributed by atoms with Gasteiger partial charge in [0.1, 0.15) is 11.3 Å². The molecule has 0 unspecified atom stereocenters. The molecule has 2 aromatic heterocycles. The highest BCUT2D eigenvalue weighted by Gasteiger charge is 2.54. The summed E-state index contributed by atoms with van der Waals surface area (Å²) >= 11 is 0. The van der Waals surface area contributed by atoms with Gasteiger partial charge in [0.25, 0.3) is 5.91 Å². The van der Waals surface area contributed by atoms with E-state index in [2.05, 4.69) is 25.9 Å². The average molecular weight is 484 g/mol. The SMILES string of the molecule is COCc1cc(C(=O)Nc2cc([C@H]3CC[C@@H](NC(=O)OC4(CC(F)(F)F)CC4)C3)[nH]n2)n(C)n1. The first kappa shape index (κ1) is 24.0. The number of alkyl carbamates (subject to hydrolysis) is 1. The van der Waals surface area contributed by atoms with Gasteiger partial charge in [-0.1, -0.05) is 0 Å². The number of amides is 2. The van der Waals surface area contributed by atoms with Crippen LogP contribution in [0.1, 0.15) is 66.3 Å². The van der Waals surface area contributed by atoms with Crippen LogP contribution in [0.4, 0.5) is 23.8 Å². The van der Waals surface area contributed by atoms with Crippen LogP contribution >= 0.6 is 0 Å². The third-order valence-corrected chi connectivity index (χ3v) is 6.13. The van der Waals surface area contributed by atoms with Crippen molar-refractivity contribution in [3.63, 3.8) is 0 Å². The van der Waals surface area contributed by atoms with Crippen LogP contribution in [0.5, 0.6) is 0 Å². The summed E-state index contributed by atoms with van der Waals surface area (Å²) in [6.45, 7) is 0.293. The fourth-order valence-corrected chi connectivity index (χ4v) is 4.36. The van der Waals surface area contributed by atoms with Gasteiger partial charge in [-0.25, -0.2) is 4.79 Å². The topological polar surface area (TPSA) is 123 Å². The number of anilines is 1. The molecular formula is C21H27F3N6O4. The molecule has 2 aromatic rings. The van der Waals surface area contributed by atoms with Crippen LogP contribution in [0.2, 0.25) is 0 Å². The summed E-state index contributed by atoms with van der Waals surface area (Å²) in [6.07, 6.45) is -3.86. The highest BCUT2D eigenvalue weighted by Crippen LogP contribution is 2.47. The number of rotatable bonds is 8. The average Bonchev–Trinajstić information content (AvgIpc) is 3.11. The lowest BCUT2D eigenvalue weighted by molar-refractivity contribution is -0.158. The summed E-state index contributed by atoms with van der Waals surface area (Å²) in [7, 11) is 3.21. The normalized spacial score (nSPS) is 21.3. The van der Waals surface area contributed by atoms with Crippen molar-refractivity contribution in [2.24, 2.45) is 7.05 Å². The molecule has 0 bridgehead atoms. The van der Waals surface area contributed by atoms with Crippen LogP contribution in [0.15, 0.2) is 12.1 Å². The standard InChI is InChI=1S/C21H27F3N6O4/c1-30-16(8-14(29-30)10-33-2)18(31)26-17-9-15(27-28-17)12-3-4-13(7-12)25-19(32)34-20(5-6-20)11-21(22,23)24/h8-9,12-13H,3-7,10-11H2,1-2H3,(H,25,32)(H2,26,27,28,31)/t12-,13+/m0/s1. The van der Waals surface area contributed by atoms with Gasteiger partial charge in [-0.15, -0.1) is 0 Å². The molecule has 2 atom stereocenters. The summed E-state index contributed by atoms with van der Waals surface area (Å²) in [5.74, 6) is 0.0450. The van der Waals surface area contributed by atoms with E-state index >= 15 is 0 Å². The maximum absolute atomic E-state index is 12.7. The molecule has 13 heteroatoms. The van der Waals surface area contributed by atoms with E-state index in [0.29, 0.717) is 36.7 Å². The van der Waals surface area contributed by atoms with Crippen molar-refractivity contribution >= 4 is 17.8 Å². The molecule has 2 aliphatic carbocycles. The highest BCUT2D eigenvalue weighted by molar-refractivity contribution is 6.02. The minimum atomic E-state index is -4.37. The van der Waals surface area contributed by atoms with E-state index in [1.807, 2.05) is 0 Å². The molecule has 2 amide bonds. The van der Waals surface area contributed by atoms with Crippen LogP contribution in [0.3, 0.4) is 0 Å². The van der Waals surface area contributed by atoms with Crippen LogP contribution in [0, 0.1) is 0 Å². The van der Waals surface area contributed by atoms with Gasteiger partial charge >= 0.3 is 12.3 Å². The summed E-state index contributed by atoms with van der Waals surface area (Å²) < 4.78 is 49.6. The number of ether oxygens (including phenoxy) is 2. The van der Waals surface area contributed by atoms with E-state index in [4.69, 9.17) is 9.47 Å². The van der Waals surface area contributed by atoms with Gasteiger partial charge in [-0.3, -0.25) is 14.6 Å². The number of hydrogen-bond acceptors (Lipinski definition) is 6. The summed E-state index contributed by atoms with van der Waals surface area (Å²) in [4.78, 5) is 24.7. The van der Waals surface area contributed by atoms with Gasteiger partial charge in [-0.2, -0.15) is 23.4 Å². The number of carbonyl (C=O) groups excluding carboxylic acids is 2. The number of hydrogen-bond donors (Lipinski definition) is 3. The van der Waals surface area contributed by atoms with Crippen LogP contribution in [-0.4, -0.2) is 56.9 Å². The minimum Gasteiger partial charge on any atom is -0.443 e. The third kappa shape index (κ3) is 5.88. The van der Waals surface area contributed by atoms with Crippen molar-refractivity contribution < 1.29 is 32.2 Å². The lowest BCUT2D eigenvalue weighted by atomic mass is 10.0. The van der Waals surface area contributed by atoms with E-state index in [1.165, 1.54) is 4.68 Å². The minimum absolute atomic E-state index is 0.0542. The van der Waals surface area contributed by atoms with Gasteiger partial charge in [-0.05, 0) is 38.2 Å². The predicted octanol–water partition coefficient (Wildman–Crippen LogP) is 3.39. The van der Waals surface area contributed by atoms with Gasteiger partial charge in [0, 0.05) is 37.9 Å². The van der Waals surface area contributed by atoms with Crippen molar-refractivity contribution in [3.8, 4) is 0 Å². The molecule has 10 nitrogen and oxygen atoms in total. The van der Waals surface area contributed by atoms with Gasteiger partial charge < -0.3 is 20.1 Å². The lowest BCUT2D eigenvalue weighted by Crippen LogP contribution is -2.37. The van der Waals surface area contributed by atoms with E-state index in [9.17, 15) is 22.8 Å². The molecule has 0 aromatic carbocycles. The van der Waals surface area contributed by atoms with E-state index in [-0.39, 0.29) is 30.7 Å².